The Kier molecular flexibility index (Phi) is 5.50. The number of aliphatic hydroxyl groups is 1. The minimum Gasteiger partial charge on any atom is -0.488 e. The van der Waals surface area contributed by atoms with E-state index < -0.39 is 23.6 Å². The number of ketones is 1. The van der Waals surface area contributed by atoms with Crippen molar-refractivity contribution in [2.24, 2.45) is 5.92 Å². The second-order valence-corrected chi connectivity index (χ2v) is 9.50. The highest BCUT2D eigenvalue weighted by Gasteiger charge is 2.31. The van der Waals surface area contributed by atoms with Gasteiger partial charge in [-0.3, -0.25) is 9.59 Å². The number of hydrogen-bond acceptors (Lipinski definition) is 5. The van der Waals surface area contributed by atoms with Crippen LogP contribution in [0.25, 0.3) is 10.4 Å². The summed E-state index contributed by atoms with van der Waals surface area (Å²) in [6.07, 6.45) is 1.35. The molecule has 1 aromatic heterocycles. The molecule has 3 aromatic rings. The molecule has 170 valence electrons. The number of halogens is 2. The van der Waals surface area contributed by atoms with E-state index in [1.165, 1.54) is 24.5 Å². The summed E-state index contributed by atoms with van der Waals surface area (Å²) in [5, 5.41) is 9.78. The van der Waals surface area contributed by atoms with E-state index in [0.717, 1.165) is 33.0 Å². The lowest BCUT2D eigenvalue weighted by atomic mass is 9.93. The van der Waals surface area contributed by atoms with Gasteiger partial charge in [-0.2, -0.15) is 0 Å². The third kappa shape index (κ3) is 3.94. The van der Waals surface area contributed by atoms with E-state index in [-0.39, 0.29) is 24.0 Å². The zero-order valence-electron chi connectivity index (χ0n) is 17.8. The summed E-state index contributed by atoms with van der Waals surface area (Å²) in [5.41, 5.74) is 2.08. The molecule has 2 atom stereocenters. The zero-order chi connectivity index (χ0) is 23.3. The third-order valence-electron chi connectivity index (χ3n) is 6.26. The zero-order valence-corrected chi connectivity index (χ0v) is 18.6. The number of carbonyl (C=O) groups excluding carboxylic acids is 2. The summed E-state index contributed by atoms with van der Waals surface area (Å²) in [6.45, 7) is 0.281. The van der Waals surface area contributed by atoms with Gasteiger partial charge in [-0.05, 0) is 55.7 Å². The molecule has 0 radical (unpaired) electrons. The van der Waals surface area contributed by atoms with Gasteiger partial charge in [0, 0.05) is 40.6 Å². The number of anilines is 1. The molecule has 0 bridgehead atoms. The van der Waals surface area contributed by atoms with E-state index in [0.29, 0.717) is 35.5 Å². The van der Waals surface area contributed by atoms with Gasteiger partial charge in [-0.1, -0.05) is 0 Å². The van der Waals surface area contributed by atoms with Crippen LogP contribution in [0.2, 0.25) is 0 Å². The molecule has 0 spiro atoms. The number of amides is 1. The molecule has 2 heterocycles. The van der Waals surface area contributed by atoms with E-state index in [9.17, 15) is 23.5 Å². The lowest BCUT2D eigenvalue weighted by Crippen LogP contribution is -2.26. The maximum absolute atomic E-state index is 14.2. The molecular formula is C25H21F2NO4S. The number of rotatable bonds is 4. The van der Waals surface area contributed by atoms with Crippen LogP contribution in [0.1, 0.15) is 44.9 Å². The first kappa shape index (κ1) is 21.7. The number of benzene rings is 2. The largest absolute Gasteiger partial charge is 0.488 e. The fourth-order valence-corrected chi connectivity index (χ4v) is 5.63. The molecule has 1 unspecified atom stereocenters. The predicted octanol–water partition coefficient (Wildman–Crippen LogP) is 5.21. The summed E-state index contributed by atoms with van der Waals surface area (Å²) >= 11 is 1.25. The summed E-state index contributed by atoms with van der Waals surface area (Å²) in [4.78, 5) is 28.4. The van der Waals surface area contributed by atoms with E-state index >= 15 is 0 Å². The SMILES string of the molecule is CN(C(=O)c1cc2c(s1)-c1cc(C(=O)C3CC[C@@H](O)C3)ccc1OC2)c1ccc(F)cc1F. The van der Waals surface area contributed by atoms with Crippen molar-refractivity contribution in [1.29, 1.82) is 0 Å². The van der Waals surface area contributed by atoms with E-state index in [2.05, 4.69) is 0 Å². The molecule has 0 saturated heterocycles. The number of ether oxygens (including phenoxy) is 1. The summed E-state index contributed by atoms with van der Waals surface area (Å²) in [6, 6.07) is 10.1. The minimum atomic E-state index is -0.818. The molecule has 2 aromatic carbocycles. The smallest absolute Gasteiger partial charge is 0.268 e. The maximum Gasteiger partial charge on any atom is 0.268 e. The Hall–Kier alpha value is -3.10. The Bertz CT molecular complexity index is 1270. The van der Waals surface area contributed by atoms with Gasteiger partial charge >= 0.3 is 0 Å². The van der Waals surface area contributed by atoms with Gasteiger partial charge in [0.15, 0.2) is 5.78 Å². The molecule has 1 aliphatic carbocycles. The predicted molar refractivity (Wildman–Crippen MR) is 121 cm³/mol. The Morgan fingerprint density at radius 2 is 1.94 bits per heavy atom. The summed E-state index contributed by atoms with van der Waals surface area (Å²) < 4.78 is 33.2. The second-order valence-electron chi connectivity index (χ2n) is 8.45. The van der Waals surface area contributed by atoms with Gasteiger partial charge in [0.05, 0.1) is 16.7 Å². The van der Waals surface area contributed by atoms with Crippen molar-refractivity contribution in [1.82, 2.24) is 0 Å². The van der Waals surface area contributed by atoms with Crippen LogP contribution in [-0.2, 0) is 6.61 Å². The van der Waals surface area contributed by atoms with Crippen molar-refractivity contribution in [2.45, 2.75) is 32.0 Å². The molecule has 5 rings (SSSR count). The molecule has 1 aliphatic heterocycles. The van der Waals surface area contributed by atoms with E-state index in [4.69, 9.17) is 4.74 Å². The fourth-order valence-electron chi connectivity index (χ4n) is 4.47. The van der Waals surface area contributed by atoms with Crippen LogP contribution in [0.15, 0.2) is 42.5 Å². The van der Waals surface area contributed by atoms with Crippen LogP contribution in [0.3, 0.4) is 0 Å². The van der Waals surface area contributed by atoms with Crippen molar-refractivity contribution in [2.75, 3.05) is 11.9 Å². The van der Waals surface area contributed by atoms with Gasteiger partial charge in [0.1, 0.15) is 24.0 Å². The maximum atomic E-state index is 14.2. The number of thiophene rings is 1. The van der Waals surface area contributed by atoms with Crippen molar-refractivity contribution >= 4 is 28.7 Å². The number of Topliss-reactive ketones (excluding diaryl/α,β-unsaturated/α-hetero) is 1. The highest BCUT2D eigenvalue weighted by Crippen LogP contribution is 2.44. The molecule has 1 amide bonds. The molecule has 5 nitrogen and oxygen atoms in total. The third-order valence-corrected chi connectivity index (χ3v) is 7.46. The standard InChI is InChI=1S/C25H21F2NO4S/c1-28(20-6-4-16(26)11-19(20)27)25(31)22-10-15-12-32-21-7-3-14(9-18(21)24(15)33-22)23(30)13-2-5-17(29)8-13/h3-4,6-7,9-11,13,17,29H,2,5,8,12H2,1H3/t13?,17-/m1/s1. The van der Waals surface area contributed by atoms with Crippen molar-refractivity contribution in [3.8, 4) is 16.2 Å². The molecule has 1 saturated carbocycles. The van der Waals surface area contributed by atoms with E-state index in [1.54, 1.807) is 24.3 Å². The van der Waals surface area contributed by atoms with Crippen molar-refractivity contribution in [3.63, 3.8) is 0 Å². The van der Waals surface area contributed by atoms with Gasteiger partial charge in [-0.15, -0.1) is 11.3 Å². The molecule has 8 heteroatoms. The Balaban J connectivity index is 1.45. The van der Waals surface area contributed by atoms with Crippen LogP contribution in [0, 0.1) is 17.6 Å². The van der Waals surface area contributed by atoms with Crippen LogP contribution in [0.5, 0.6) is 5.75 Å². The van der Waals surface area contributed by atoms with Gasteiger partial charge in [-0.25, -0.2) is 8.78 Å². The monoisotopic (exact) mass is 469 g/mol. The Labute approximate surface area is 193 Å². The lowest BCUT2D eigenvalue weighted by molar-refractivity contribution is 0.0905. The number of fused-ring (bicyclic) bond motifs is 3. The average molecular weight is 470 g/mol. The minimum absolute atomic E-state index is 0.000785. The Morgan fingerprint density at radius 3 is 2.67 bits per heavy atom. The number of aliphatic hydroxyl groups excluding tert-OH is 1. The van der Waals surface area contributed by atoms with E-state index in [1.807, 2.05) is 0 Å². The van der Waals surface area contributed by atoms with Gasteiger partial charge < -0.3 is 14.7 Å². The van der Waals surface area contributed by atoms with Crippen molar-refractivity contribution in [3.05, 3.63) is 70.1 Å². The van der Waals surface area contributed by atoms with Crippen molar-refractivity contribution < 1.29 is 28.2 Å². The highest BCUT2D eigenvalue weighted by molar-refractivity contribution is 7.17. The fraction of sp³-hybridized carbons (Fsp3) is 0.280. The molecule has 2 aliphatic rings. The lowest BCUT2D eigenvalue weighted by Gasteiger charge is -2.19. The topological polar surface area (TPSA) is 66.8 Å². The first-order chi connectivity index (χ1) is 15.8. The van der Waals surface area contributed by atoms with Gasteiger partial charge in [0.2, 0.25) is 0 Å². The first-order valence-corrected chi connectivity index (χ1v) is 11.5. The van der Waals surface area contributed by atoms with Gasteiger partial charge in [0.25, 0.3) is 5.91 Å². The van der Waals surface area contributed by atoms with Crippen LogP contribution in [-0.4, -0.2) is 29.9 Å². The number of nitrogens with zero attached hydrogens (tertiary/aromatic N) is 1. The normalized spacial score (nSPS) is 18.9. The first-order valence-electron chi connectivity index (χ1n) is 10.7. The number of carbonyl (C=O) groups is 2. The highest BCUT2D eigenvalue weighted by atomic mass is 32.1. The van der Waals surface area contributed by atoms with Crippen LogP contribution in [0.4, 0.5) is 14.5 Å². The average Bonchev–Trinajstić information content (AvgIpc) is 3.44. The molecule has 1 fully saturated rings. The summed E-state index contributed by atoms with van der Waals surface area (Å²) in [5.74, 6) is -1.52. The Morgan fingerprint density at radius 1 is 1.12 bits per heavy atom. The second kappa shape index (κ2) is 8.35. The van der Waals surface area contributed by atoms with Crippen LogP contribution >= 0.6 is 11.3 Å². The molecule has 1 N–H and O–H groups in total. The molecule has 33 heavy (non-hydrogen) atoms. The molecular weight excluding hydrogens is 448 g/mol. The quantitative estimate of drug-likeness (QED) is 0.533. The van der Waals surface area contributed by atoms with Crippen LogP contribution < -0.4 is 9.64 Å². The summed E-state index contributed by atoms with van der Waals surface area (Å²) in [7, 11) is 1.44. The number of hydrogen-bond donors (Lipinski definition) is 1.